The first-order chi connectivity index (χ1) is 7.61. The molecule has 4 nitrogen and oxygen atoms in total. The van der Waals surface area contributed by atoms with Gasteiger partial charge in [-0.05, 0) is 39.2 Å². The number of hydrogen-bond donors (Lipinski definition) is 2. The molecule has 0 saturated carbocycles. The van der Waals surface area contributed by atoms with E-state index >= 15 is 0 Å². The van der Waals surface area contributed by atoms with Gasteiger partial charge in [-0.3, -0.25) is 9.69 Å². The molecule has 0 radical (unpaired) electrons. The van der Waals surface area contributed by atoms with Crippen molar-refractivity contribution in [1.82, 2.24) is 10.2 Å². The van der Waals surface area contributed by atoms with Crippen molar-refractivity contribution in [2.45, 2.75) is 63.2 Å². The van der Waals surface area contributed by atoms with E-state index in [1.807, 2.05) is 14.0 Å². The highest BCUT2D eigenvalue weighted by molar-refractivity contribution is 5.79. The summed E-state index contributed by atoms with van der Waals surface area (Å²) >= 11 is 0. The molecule has 4 heteroatoms. The Morgan fingerprint density at radius 1 is 1.44 bits per heavy atom. The van der Waals surface area contributed by atoms with Crippen molar-refractivity contribution in [3.8, 4) is 0 Å². The Morgan fingerprint density at radius 2 is 2.00 bits per heavy atom. The number of carbonyl (C=O) groups excluding carboxylic acids is 1. The van der Waals surface area contributed by atoms with Crippen molar-refractivity contribution in [3.63, 3.8) is 0 Å². The average molecular weight is 225 g/mol. The van der Waals surface area contributed by atoms with Crippen LogP contribution in [0.1, 0.15) is 39.0 Å². The van der Waals surface area contributed by atoms with E-state index in [0.29, 0.717) is 18.1 Å². The van der Waals surface area contributed by atoms with Gasteiger partial charge in [0, 0.05) is 18.1 Å². The summed E-state index contributed by atoms with van der Waals surface area (Å²) in [7, 11) is 2.05. The second kappa shape index (κ2) is 4.72. The summed E-state index contributed by atoms with van der Waals surface area (Å²) in [6.07, 6.45) is 5.73. The van der Waals surface area contributed by atoms with Crippen molar-refractivity contribution >= 4 is 5.91 Å². The highest BCUT2D eigenvalue weighted by atomic mass is 16.1. The van der Waals surface area contributed by atoms with Crippen LogP contribution in [0.25, 0.3) is 0 Å². The predicted octanol–water partition coefficient (Wildman–Crippen LogP) is 0.465. The SMILES string of the molecule is CCC(C(N)=O)N(C)C1CC2CCC(C1)N2. The third kappa shape index (κ3) is 2.23. The van der Waals surface area contributed by atoms with E-state index in [0.717, 1.165) is 19.3 Å². The molecule has 1 amide bonds. The summed E-state index contributed by atoms with van der Waals surface area (Å²) in [5.74, 6) is -0.184. The highest BCUT2D eigenvalue weighted by Crippen LogP contribution is 2.30. The lowest BCUT2D eigenvalue weighted by Crippen LogP contribution is -2.53. The van der Waals surface area contributed by atoms with Gasteiger partial charge in [-0.25, -0.2) is 0 Å². The molecule has 0 aliphatic carbocycles. The molecule has 0 aromatic heterocycles. The fourth-order valence-electron chi connectivity index (χ4n) is 3.30. The number of piperidine rings is 1. The van der Waals surface area contributed by atoms with Crippen LogP contribution in [0, 0.1) is 0 Å². The number of fused-ring (bicyclic) bond motifs is 2. The Labute approximate surface area is 97.6 Å². The second-order valence-corrected chi connectivity index (χ2v) is 5.25. The van der Waals surface area contributed by atoms with Crippen LogP contribution in [0.5, 0.6) is 0 Å². The van der Waals surface area contributed by atoms with E-state index in [-0.39, 0.29) is 11.9 Å². The molecular formula is C12H23N3O. The topological polar surface area (TPSA) is 58.4 Å². The van der Waals surface area contributed by atoms with Crippen molar-refractivity contribution < 1.29 is 4.79 Å². The zero-order valence-corrected chi connectivity index (χ0v) is 10.3. The zero-order valence-electron chi connectivity index (χ0n) is 10.3. The molecule has 0 aromatic rings. The normalized spacial score (nSPS) is 35.3. The summed E-state index contributed by atoms with van der Waals surface area (Å²) in [5.41, 5.74) is 5.44. The minimum absolute atomic E-state index is 0.0949. The van der Waals surface area contributed by atoms with Gasteiger partial charge in [0.1, 0.15) is 0 Å². The summed E-state index contributed by atoms with van der Waals surface area (Å²) in [4.78, 5) is 13.6. The van der Waals surface area contributed by atoms with E-state index in [1.54, 1.807) is 0 Å². The van der Waals surface area contributed by atoms with Crippen molar-refractivity contribution in [1.29, 1.82) is 0 Å². The maximum absolute atomic E-state index is 11.4. The monoisotopic (exact) mass is 225 g/mol. The van der Waals surface area contributed by atoms with Gasteiger partial charge in [-0.2, -0.15) is 0 Å². The number of nitrogens with one attached hydrogen (secondary N) is 1. The van der Waals surface area contributed by atoms with Crippen molar-refractivity contribution in [2.24, 2.45) is 5.73 Å². The Morgan fingerprint density at radius 3 is 2.44 bits per heavy atom. The number of hydrogen-bond acceptors (Lipinski definition) is 3. The average Bonchev–Trinajstić information content (AvgIpc) is 2.58. The van der Waals surface area contributed by atoms with Gasteiger partial charge >= 0.3 is 0 Å². The van der Waals surface area contributed by atoms with E-state index in [4.69, 9.17) is 5.73 Å². The number of likely N-dealkylation sites (N-methyl/N-ethyl adjacent to an activating group) is 1. The molecule has 2 fully saturated rings. The maximum atomic E-state index is 11.4. The number of amides is 1. The molecule has 2 saturated heterocycles. The molecular weight excluding hydrogens is 202 g/mol. The van der Waals surface area contributed by atoms with Gasteiger partial charge in [0.2, 0.25) is 5.91 Å². The first-order valence-corrected chi connectivity index (χ1v) is 6.39. The molecule has 2 rings (SSSR count). The van der Waals surface area contributed by atoms with Crippen LogP contribution < -0.4 is 11.1 Å². The Balaban J connectivity index is 1.98. The predicted molar refractivity (Wildman–Crippen MR) is 64.0 cm³/mol. The summed E-state index contributed by atoms with van der Waals surface area (Å²) in [5, 5.41) is 3.62. The maximum Gasteiger partial charge on any atom is 0.234 e. The van der Waals surface area contributed by atoms with Crippen molar-refractivity contribution in [2.75, 3.05) is 7.05 Å². The minimum Gasteiger partial charge on any atom is -0.368 e. The van der Waals surface area contributed by atoms with Crippen LogP contribution >= 0.6 is 0 Å². The van der Waals surface area contributed by atoms with Gasteiger partial charge in [0.05, 0.1) is 6.04 Å². The minimum atomic E-state index is -0.184. The number of primary amides is 1. The van der Waals surface area contributed by atoms with Gasteiger partial charge in [0.25, 0.3) is 0 Å². The van der Waals surface area contributed by atoms with Gasteiger partial charge in [-0.1, -0.05) is 6.92 Å². The van der Waals surface area contributed by atoms with E-state index in [1.165, 1.54) is 12.8 Å². The summed E-state index contributed by atoms with van der Waals surface area (Å²) < 4.78 is 0. The lowest BCUT2D eigenvalue weighted by molar-refractivity contribution is -0.124. The lowest BCUT2D eigenvalue weighted by atomic mass is 9.96. The van der Waals surface area contributed by atoms with Crippen molar-refractivity contribution in [3.05, 3.63) is 0 Å². The first-order valence-electron chi connectivity index (χ1n) is 6.39. The van der Waals surface area contributed by atoms with E-state index in [9.17, 15) is 4.79 Å². The molecule has 2 bridgehead atoms. The van der Waals surface area contributed by atoms with Crippen LogP contribution in [0.15, 0.2) is 0 Å². The molecule has 2 aliphatic heterocycles. The van der Waals surface area contributed by atoms with Crippen LogP contribution in [0.3, 0.4) is 0 Å². The fourth-order valence-corrected chi connectivity index (χ4v) is 3.30. The quantitative estimate of drug-likeness (QED) is 0.731. The second-order valence-electron chi connectivity index (χ2n) is 5.25. The fraction of sp³-hybridized carbons (Fsp3) is 0.917. The van der Waals surface area contributed by atoms with Crippen LogP contribution in [0.2, 0.25) is 0 Å². The summed E-state index contributed by atoms with van der Waals surface area (Å²) in [6, 6.07) is 1.76. The molecule has 3 N–H and O–H groups in total. The van der Waals surface area contributed by atoms with Crippen LogP contribution in [0.4, 0.5) is 0 Å². The Kier molecular flexibility index (Phi) is 3.50. The third-order valence-corrected chi connectivity index (χ3v) is 4.23. The molecule has 3 unspecified atom stereocenters. The highest BCUT2D eigenvalue weighted by Gasteiger charge is 2.37. The molecule has 92 valence electrons. The summed E-state index contributed by atoms with van der Waals surface area (Å²) in [6.45, 7) is 2.03. The molecule has 3 atom stereocenters. The first kappa shape index (κ1) is 11.9. The third-order valence-electron chi connectivity index (χ3n) is 4.23. The zero-order chi connectivity index (χ0) is 11.7. The van der Waals surface area contributed by atoms with Crippen LogP contribution in [-0.2, 0) is 4.79 Å². The standard InChI is InChI=1S/C12H23N3O/c1-3-11(12(13)16)15(2)10-6-8-4-5-9(7-10)14-8/h8-11,14H,3-7H2,1-2H3,(H2,13,16). The van der Waals surface area contributed by atoms with Gasteiger partial charge in [0.15, 0.2) is 0 Å². The number of rotatable bonds is 4. The Hall–Kier alpha value is -0.610. The van der Waals surface area contributed by atoms with Gasteiger partial charge < -0.3 is 11.1 Å². The molecule has 0 spiro atoms. The van der Waals surface area contributed by atoms with E-state index in [2.05, 4.69) is 10.2 Å². The largest absolute Gasteiger partial charge is 0.368 e. The molecule has 0 aromatic carbocycles. The molecule has 2 aliphatic rings. The molecule has 2 heterocycles. The number of nitrogens with two attached hydrogens (primary N) is 1. The number of carbonyl (C=O) groups is 1. The lowest BCUT2D eigenvalue weighted by Gasteiger charge is -2.38. The smallest absolute Gasteiger partial charge is 0.234 e. The van der Waals surface area contributed by atoms with E-state index < -0.39 is 0 Å². The molecule has 16 heavy (non-hydrogen) atoms. The van der Waals surface area contributed by atoms with Gasteiger partial charge in [-0.15, -0.1) is 0 Å². The Bertz CT molecular complexity index is 257. The number of nitrogens with zero attached hydrogens (tertiary/aromatic N) is 1. The van der Waals surface area contributed by atoms with Crippen LogP contribution in [-0.4, -0.2) is 42.0 Å².